The van der Waals surface area contributed by atoms with Crippen LogP contribution in [0, 0.1) is 0 Å². The van der Waals surface area contributed by atoms with E-state index in [2.05, 4.69) is 27.5 Å². The van der Waals surface area contributed by atoms with E-state index in [-0.39, 0.29) is 5.91 Å². The maximum atomic E-state index is 12.1. The van der Waals surface area contributed by atoms with Crippen molar-refractivity contribution >= 4 is 23.3 Å². The highest BCUT2D eigenvalue weighted by Crippen LogP contribution is 2.11. The van der Waals surface area contributed by atoms with Gasteiger partial charge >= 0.3 is 0 Å². The molecular formula is C17H21ClN4O. The first-order chi connectivity index (χ1) is 11.2. The number of benzene rings is 1. The number of rotatable bonds is 8. The van der Waals surface area contributed by atoms with Crippen LogP contribution in [0.25, 0.3) is 0 Å². The van der Waals surface area contributed by atoms with Crippen LogP contribution in [0.2, 0.25) is 5.02 Å². The SMILES string of the molecule is CCCCNc1cc(C(=O)NCCc2cccc(Cl)c2)ncn1. The molecule has 2 rings (SSSR count). The average Bonchev–Trinajstić information content (AvgIpc) is 2.55. The highest BCUT2D eigenvalue weighted by atomic mass is 35.5. The highest BCUT2D eigenvalue weighted by molar-refractivity contribution is 6.30. The molecule has 1 amide bonds. The fraction of sp³-hybridized carbons (Fsp3) is 0.353. The van der Waals surface area contributed by atoms with Crippen LogP contribution in [0.4, 0.5) is 5.82 Å². The molecule has 23 heavy (non-hydrogen) atoms. The van der Waals surface area contributed by atoms with Crippen LogP contribution in [0.15, 0.2) is 36.7 Å². The number of nitrogens with one attached hydrogen (secondary N) is 2. The number of halogens is 1. The number of anilines is 1. The lowest BCUT2D eigenvalue weighted by molar-refractivity contribution is 0.0949. The molecule has 122 valence electrons. The minimum absolute atomic E-state index is 0.201. The van der Waals surface area contributed by atoms with E-state index in [0.29, 0.717) is 23.1 Å². The molecular weight excluding hydrogens is 312 g/mol. The van der Waals surface area contributed by atoms with Crippen molar-refractivity contribution < 1.29 is 4.79 Å². The fourth-order valence-corrected chi connectivity index (χ4v) is 2.29. The topological polar surface area (TPSA) is 66.9 Å². The Morgan fingerprint density at radius 2 is 2.09 bits per heavy atom. The second-order valence-electron chi connectivity index (χ2n) is 5.20. The first-order valence-electron chi connectivity index (χ1n) is 7.77. The van der Waals surface area contributed by atoms with Gasteiger partial charge < -0.3 is 10.6 Å². The second kappa shape index (κ2) is 9.10. The normalized spacial score (nSPS) is 10.3. The van der Waals surface area contributed by atoms with Gasteiger partial charge in [0.05, 0.1) is 0 Å². The zero-order chi connectivity index (χ0) is 16.5. The Kier molecular flexibility index (Phi) is 6.81. The molecule has 5 nitrogen and oxygen atoms in total. The number of unbranched alkanes of at least 4 members (excludes halogenated alkanes) is 1. The third-order valence-electron chi connectivity index (χ3n) is 3.32. The Balaban J connectivity index is 1.84. The van der Waals surface area contributed by atoms with E-state index in [0.717, 1.165) is 31.4 Å². The Hall–Kier alpha value is -2.14. The van der Waals surface area contributed by atoms with Gasteiger partial charge in [-0.2, -0.15) is 0 Å². The standard InChI is InChI=1S/C17H21ClN4O/c1-2-3-8-19-16-11-15(21-12-22-16)17(23)20-9-7-13-5-4-6-14(18)10-13/h4-6,10-12H,2-3,7-9H2,1H3,(H,20,23)(H,19,21,22). The van der Waals surface area contributed by atoms with Gasteiger partial charge in [0, 0.05) is 24.2 Å². The molecule has 0 radical (unpaired) electrons. The zero-order valence-electron chi connectivity index (χ0n) is 13.2. The molecule has 0 saturated carbocycles. The molecule has 1 aromatic carbocycles. The minimum Gasteiger partial charge on any atom is -0.370 e. The summed E-state index contributed by atoms with van der Waals surface area (Å²) in [4.78, 5) is 20.3. The summed E-state index contributed by atoms with van der Waals surface area (Å²) in [6.07, 6.45) is 4.29. The molecule has 2 aromatic rings. The predicted octanol–water partition coefficient (Wildman–Crippen LogP) is 3.31. The van der Waals surface area contributed by atoms with Gasteiger partial charge in [0.15, 0.2) is 0 Å². The Bertz CT molecular complexity index is 648. The molecule has 0 atom stereocenters. The monoisotopic (exact) mass is 332 g/mol. The van der Waals surface area contributed by atoms with E-state index in [1.807, 2.05) is 24.3 Å². The van der Waals surface area contributed by atoms with Crippen molar-refractivity contribution in [3.05, 3.63) is 52.9 Å². The Labute approximate surface area is 141 Å². The average molecular weight is 333 g/mol. The van der Waals surface area contributed by atoms with Crippen molar-refractivity contribution in [1.29, 1.82) is 0 Å². The van der Waals surface area contributed by atoms with Crippen molar-refractivity contribution in [1.82, 2.24) is 15.3 Å². The molecule has 0 aliphatic rings. The van der Waals surface area contributed by atoms with Gasteiger partial charge in [0.2, 0.25) is 0 Å². The number of aromatic nitrogens is 2. The first-order valence-corrected chi connectivity index (χ1v) is 8.15. The van der Waals surface area contributed by atoms with E-state index in [1.54, 1.807) is 6.07 Å². The van der Waals surface area contributed by atoms with Crippen LogP contribution in [-0.2, 0) is 6.42 Å². The largest absolute Gasteiger partial charge is 0.370 e. The van der Waals surface area contributed by atoms with Crippen LogP contribution in [0.3, 0.4) is 0 Å². The minimum atomic E-state index is -0.201. The van der Waals surface area contributed by atoms with Gasteiger partial charge in [-0.25, -0.2) is 9.97 Å². The first kappa shape index (κ1) is 17.2. The molecule has 1 aromatic heterocycles. The number of amides is 1. The molecule has 0 saturated heterocycles. The quantitative estimate of drug-likeness (QED) is 0.728. The third kappa shape index (κ3) is 5.87. The summed E-state index contributed by atoms with van der Waals surface area (Å²) in [5, 5.41) is 6.75. The summed E-state index contributed by atoms with van der Waals surface area (Å²) in [6.45, 7) is 3.49. The van der Waals surface area contributed by atoms with Crippen LogP contribution in [0.1, 0.15) is 35.8 Å². The van der Waals surface area contributed by atoms with Crippen molar-refractivity contribution in [3.63, 3.8) is 0 Å². The van der Waals surface area contributed by atoms with Crippen molar-refractivity contribution in [2.45, 2.75) is 26.2 Å². The smallest absolute Gasteiger partial charge is 0.270 e. The number of hydrogen-bond acceptors (Lipinski definition) is 4. The van der Waals surface area contributed by atoms with Gasteiger partial charge in [0.1, 0.15) is 17.8 Å². The molecule has 0 aliphatic heterocycles. The van der Waals surface area contributed by atoms with Crippen LogP contribution in [-0.4, -0.2) is 29.0 Å². The highest BCUT2D eigenvalue weighted by Gasteiger charge is 2.08. The fourth-order valence-electron chi connectivity index (χ4n) is 2.07. The van der Waals surface area contributed by atoms with Gasteiger partial charge in [-0.15, -0.1) is 0 Å². The number of carbonyl (C=O) groups excluding carboxylic acids is 1. The number of hydrogen-bond donors (Lipinski definition) is 2. The van der Waals surface area contributed by atoms with E-state index >= 15 is 0 Å². The van der Waals surface area contributed by atoms with Crippen LogP contribution < -0.4 is 10.6 Å². The molecule has 1 heterocycles. The molecule has 6 heteroatoms. The summed E-state index contributed by atoms with van der Waals surface area (Å²) in [5.74, 6) is 0.474. The predicted molar refractivity (Wildman–Crippen MR) is 92.9 cm³/mol. The van der Waals surface area contributed by atoms with Crippen molar-refractivity contribution in [3.8, 4) is 0 Å². The van der Waals surface area contributed by atoms with Crippen LogP contribution in [0.5, 0.6) is 0 Å². The maximum Gasteiger partial charge on any atom is 0.270 e. The van der Waals surface area contributed by atoms with Gasteiger partial charge in [0.25, 0.3) is 5.91 Å². The summed E-state index contributed by atoms with van der Waals surface area (Å²) < 4.78 is 0. The number of carbonyl (C=O) groups is 1. The molecule has 0 spiro atoms. The molecule has 0 fully saturated rings. The lowest BCUT2D eigenvalue weighted by Gasteiger charge is -2.07. The lowest BCUT2D eigenvalue weighted by Crippen LogP contribution is -2.26. The molecule has 2 N–H and O–H groups in total. The third-order valence-corrected chi connectivity index (χ3v) is 3.56. The van der Waals surface area contributed by atoms with E-state index < -0.39 is 0 Å². The second-order valence-corrected chi connectivity index (χ2v) is 5.64. The molecule has 0 aliphatic carbocycles. The zero-order valence-corrected chi connectivity index (χ0v) is 13.9. The number of nitrogens with zero attached hydrogens (tertiary/aromatic N) is 2. The lowest BCUT2D eigenvalue weighted by atomic mass is 10.1. The summed E-state index contributed by atoms with van der Waals surface area (Å²) >= 11 is 5.94. The van der Waals surface area contributed by atoms with Crippen molar-refractivity contribution in [2.75, 3.05) is 18.4 Å². The summed E-state index contributed by atoms with van der Waals surface area (Å²) in [7, 11) is 0. The van der Waals surface area contributed by atoms with Gasteiger partial charge in [-0.1, -0.05) is 37.1 Å². The van der Waals surface area contributed by atoms with Gasteiger partial charge in [-0.3, -0.25) is 4.79 Å². The molecule has 0 unspecified atom stereocenters. The van der Waals surface area contributed by atoms with E-state index in [4.69, 9.17) is 11.6 Å². The molecule has 0 bridgehead atoms. The van der Waals surface area contributed by atoms with E-state index in [9.17, 15) is 4.79 Å². The Morgan fingerprint density at radius 1 is 1.22 bits per heavy atom. The maximum absolute atomic E-state index is 12.1. The van der Waals surface area contributed by atoms with Gasteiger partial charge in [-0.05, 0) is 30.5 Å². The summed E-state index contributed by atoms with van der Waals surface area (Å²) in [5.41, 5.74) is 1.45. The Morgan fingerprint density at radius 3 is 2.87 bits per heavy atom. The van der Waals surface area contributed by atoms with Crippen LogP contribution >= 0.6 is 11.6 Å². The van der Waals surface area contributed by atoms with Crippen molar-refractivity contribution in [2.24, 2.45) is 0 Å². The summed E-state index contributed by atoms with van der Waals surface area (Å²) in [6, 6.07) is 9.28. The van der Waals surface area contributed by atoms with E-state index in [1.165, 1.54) is 6.33 Å².